The Morgan fingerprint density at radius 3 is 2.62 bits per heavy atom. The maximum atomic E-state index is 12.9. The predicted octanol–water partition coefficient (Wildman–Crippen LogP) is 6.36. The highest BCUT2D eigenvalue weighted by molar-refractivity contribution is 5.49. The summed E-state index contributed by atoms with van der Waals surface area (Å²) in [6, 6.07) is 6.38. The van der Waals surface area contributed by atoms with Crippen LogP contribution < -0.4 is 4.74 Å². The summed E-state index contributed by atoms with van der Waals surface area (Å²) in [7, 11) is 0. The Kier molecular flexibility index (Phi) is 6.75. The Morgan fingerprint density at radius 2 is 1.94 bits per heavy atom. The number of alkyl halides is 3. The van der Waals surface area contributed by atoms with Crippen molar-refractivity contribution in [3.8, 4) is 5.75 Å². The normalized spacial score (nSPS) is 21.4. The van der Waals surface area contributed by atoms with Crippen LogP contribution in [0.4, 0.5) is 13.2 Å². The van der Waals surface area contributed by atoms with Crippen LogP contribution in [-0.2, 0) is 12.8 Å². The smallest absolute Gasteiger partial charge is 0.395 e. The summed E-state index contributed by atoms with van der Waals surface area (Å²) in [5.41, 5.74) is 7.11. The first-order valence-electron chi connectivity index (χ1n) is 11.2. The molecule has 32 heavy (non-hydrogen) atoms. The Hall–Kier alpha value is -2.53. The van der Waals surface area contributed by atoms with E-state index >= 15 is 0 Å². The molecule has 5 heteroatoms. The van der Waals surface area contributed by atoms with Gasteiger partial charge < -0.3 is 4.74 Å². The molecule has 2 nitrogen and oxygen atoms in total. The zero-order chi connectivity index (χ0) is 22.7. The average molecular weight is 442 g/mol. The van der Waals surface area contributed by atoms with Gasteiger partial charge in [-0.15, -0.1) is 0 Å². The van der Waals surface area contributed by atoms with E-state index in [1.807, 2.05) is 13.0 Å². The molecule has 1 aromatic rings. The van der Waals surface area contributed by atoms with Crippen molar-refractivity contribution in [1.82, 2.24) is 4.90 Å². The SMILES string of the molecule is C=C(C)COc1ccc2c(c1)CCN(CC1=CC=C(C3=CCC(C(F)(F)F)C=C3)C1)CC2. The van der Waals surface area contributed by atoms with Crippen LogP contribution in [0, 0.1) is 5.92 Å². The van der Waals surface area contributed by atoms with E-state index in [1.165, 1.54) is 22.8 Å². The molecule has 0 radical (unpaired) electrons. The Bertz CT molecular complexity index is 997. The van der Waals surface area contributed by atoms with Crippen molar-refractivity contribution in [2.24, 2.45) is 5.92 Å². The molecule has 0 N–H and O–H groups in total. The number of hydrogen-bond acceptors (Lipinski definition) is 2. The number of allylic oxidation sites excluding steroid dienone is 7. The molecule has 0 saturated heterocycles. The Labute approximate surface area is 188 Å². The molecule has 0 fully saturated rings. The molecule has 1 aromatic carbocycles. The van der Waals surface area contributed by atoms with E-state index in [9.17, 15) is 13.2 Å². The van der Waals surface area contributed by atoms with E-state index in [0.29, 0.717) is 6.61 Å². The van der Waals surface area contributed by atoms with Crippen LogP contribution in [0.2, 0.25) is 0 Å². The van der Waals surface area contributed by atoms with Crippen LogP contribution in [0.5, 0.6) is 5.75 Å². The minimum atomic E-state index is -4.16. The van der Waals surface area contributed by atoms with Crippen LogP contribution >= 0.6 is 0 Å². The van der Waals surface area contributed by atoms with Gasteiger partial charge in [0.1, 0.15) is 12.4 Å². The fourth-order valence-corrected chi connectivity index (χ4v) is 4.48. The molecule has 1 unspecified atom stereocenters. The summed E-state index contributed by atoms with van der Waals surface area (Å²) in [6.07, 6.45) is 7.56. The van der Waals surface area contributed by atoms with Crippen molar-refractivity contribution in [1.29, 1.82) is 0 Å². The molecule has 4 rings (SSSR count). The van der Waals surface area contributed by atoms with E-state index in [-0.39, 0.29) is 6.42 Å². The maximum Gasteiger partial charge on any atom is 0.395 e. The predicted molar refractivity (Wildman–Crippen MR) is 123 cm³/mol. The minimum Gasteiger partial charge on any atom is -0.489 e. The van der Waals surface area contributed by atoms with Gasteiger partial charge in [0.25, 0.3) is 0 Å². The summed E-state index contributed by atoms with van der Waals surface area (Å²) in [4.78, 5) is 2.47. The number of nitrogens with zero attached hydrogens (tertiary/aromatic N) is 1. The first-order valence-corrected chi connectivity index (χ1v) is 11.2. The lowest BCUT2D eigenvalue weighted by molar-refractivity contribution is -0.160. The van der Waals surface area contributed by atoms with Crippen LogP contribution in [0.25, 0.3) is 0 Å². The third-order valence-electron chi connectivity index (χ3n) is 6.31. The molecule has 2 aliphatic carbocycles. The first kappa shape index (κ1) is 22.7. The number of halogens is 3. The zero-order valence-corrected chi connectivity index (χ0v) is 18.5. The monoisotopic (exact) mass is 441 g/mol. The fourth-order valence-electron chi connectivity index (χ4n) is 4.48. The van der Waals surface area contributed by atoms with E-state index in [4.69, 9.17) is 4.74 Å². The number of ether oxygens (including phenoxy) is 1. The lowest BCUT2D eigenvalue weighted by Gasteiger charge is -2.22. The molecule has 0 aromatic heterocycles. The summed E-state index contributed by atoms with van der Waals surface area (Å²) in [6.45, 7) is 9.27. The molecule has 0 bridgehead atoms. The molecule has 1 atom stereocenters. The van der Waals surface area contributed by atoms with E-state index in [2.05, 4.69) is 35.8 Å². The molecule has 0 amide bonds. The van der Waals surface area contributed by atoms with Gasteiger partial charge >= 0.3 is 6.18 Å². The molecule has 3 aliphatic rings. The molecular weight excluding hydrogens is 411 g/mol. The van der Waals surface area contributed by atoms with Crippen molar-refractivity contribution in [2.45, 2.75) is 38.8 Å². The second kappa shape index (κ2) is 9.53. The van der Waals surface area contributed by atoms with Crippen molar-refractivity contribution in [2.75, 3.05) is 26.2 Å². The van der Waals surface area contributed by atoms with E-state index in [1.54, 1.807) is 12.2 Å². The standard InChI is InChI=1S/C27H30F3NO/c1-19(2)18-32-26-10-7-22-11-13-31(14-12-24(22)16-26)17-20-3-4-23(15-20)21-5-8-25(9-6-21)27(28,29)30/h3-8,10,16,25H,1,9,11-15,17-18H2,2H3. The molecule has 0 saturated carbocycles. The van der Waals surface area contributed by atoms with Gasteiger partial charge in [-0.3, -0.25) is 4.90 Å². The van der Waals surface area contributed by atoms with Gasteiger partial charge in [-0.1, -0.05) is 48.6 Å². The minimum absolute atomic E-state index is 0.0322. The lowest BCUT2D eigenvalue weighted by atomic mass is 9.91. The second-order valence-electron chi connectivity index (χ2n) is 9.05. The van der Waals surface area contributed by atoms with Crippen LogP contribution in [0.3, 0.4) is 0 Å². The third-order valence-corrected chi connectivity index (χ3v) is 6.31. The van der Waals surface area contributed by atoms with Gasteiger partial charge in [-0.25, -0.2) is 0 Å². The highest BCUT2D eigenvalue weighted by atomic mass is 19.4. The molecule has 1 aliphatic heterocycles. The second-order valence-corrected chi connectivity index (χ2v) is 9.05. The zero-order valence-electron chi connectivity index (χ0n) is 18.5. The average Bonchev–Trinajstić information content (AvgIpc) is 3.13. The number of benzene rings is 1. The highest BCUT2D eigenvalue weighted by Crippen LogP contribution is 2.36. The van der Waals surface area contributed by atoms with Gasteiger partial charge in [-0.05, 0) is 72.6 Å². The largest absolute Gasteiger partial charge is 0.489 e. The Morgan fingerprint density at radius 1 is 1.16 bits per heavy atom. The first-order chi connectivity index (χ1) is 15.3. The van der Waals surface area contributed by atoms with Crippen molar-refractivity contribution in [3.05, 3.63) is 88.6 Å². The highest BCUT2D eigenvalue weighted by Gasteiger charge is 2.38. The van der Waals surface area contributed by atoms with Crippen molar-refractivity contribution >= 4 is 0 Å². The van der Waals surface area contributed by atoms with Crippen molar-refractivity contribution < 1.29 is 17.9 Å². The molecule has 170 valence electrons. The summed E-state index contributed by atoms with van der Waals surface area (Å²) >= 11 is 0. The summed E-state index contributed by atoms with van der Waals surface area (Å²) < 4.78 is 44.4. The van der Waals surface area contributed by atoms with E-state index < -0.39 is 12.1 Å². The Balaban J connectivity index is 1.29. The molecular formula is C27H30F3NO. The van der Waals surface area contributed by atoms with Crippen LogP contribution in [-0.4, -0.2) is 37.3 Å². The summed E-state index contributed by atoms with van der Waals surface area (Å²) in [5, 5.41) is 0. The van der Waals surface area contributed by atoms with Crippen LogP contribution in [0.1, 0.15) is 30.9 Å². The fraction of sp³-hybridized carbons (Fsp3) is 0.407. The summed E-state index contributed by atoms with van der Waals surface area (Å²) in [5.74, 6) is -0.458. The van der Waals surface area contributed by atoms with Gasteiger partial charge in [0, 0.05) is 19.6 Å². The van der Waals surface area contributed by atoms with Gasteiger partial charge in [0.05, 0.1) is 5.92 Å². The quantitative estimate of drug-likeness (QED) is 0.476. The van der Waals surface area contributed by atoms with Gasteiger partial charge in [-0.2, -0.15) is 13.2 Å². The third kappa shape index (κ3) is 5.63. The lowest BCUT2D eigenvalue weighted by Crippen LogP contribution is -2.28. The van der Waals surface area contributed by atoms with Gasteiger partial charge in [0.2, 0.25) is 0 Å². The topological polar surface area (TPSA) is 12.5 Å². The molecule has 0 spiro atoms. The maximum absolute atomic E-state index is 12.9. The van der Waals surface area contributed by atoms with Crippen molar-refractivity contribution in [3.63, 3.8) is 0 Å². The van der Waals surface area contributed by atoms with E-state index in [0.717, 1.165) is 61.4 Å². The number of rotatable bonds is 6. The number of fused-ring (bicyclic) bond motifs is 1. The molecule has 1 heterocycles. The number of hydrogen-bond donors (Lipinski definition) is 0. The van der Waals surface area contributed by atoms with Crippen LogP contribution in [0.15, 0.2) is 77.5 Å². The van der Waals surface area contributed by atoms with Gasteiger partial charge in [0.15, 0.2) is 0 Å².